The Bertz CT molecular complexity index is 235. The van der Waals surface area contributed by atoms with Crippen LogP contribution in [0.4, 0.5) is 0 Å². The van der Waals surface area contributed by atoms with Crippen molar-refractivity contribution in [2.75, 3.05) is 0 Å². The van der Waals surface area contributed by atoms with Crippen molar-refractivity contribution in [2.45, 2.75) is 0 Å². The molecule has 2 N–H and O–H groups in total. The fourth-order valence-electron chi connectivity index (χ4n) is 0.666. The van der Waals surface area contributed by atoms with Crippen LogP contribution in [-0.4, -0.2) is 5.97 Å². The van der Waals surface area contributed by atoms with Crippen LogP contribution in [0.1, 0.15) is 10.4 Å². The number of carbonyl (C=O) groups excluding carboxylic acids is 1. The third kappa shape index (κ3) is 2.03. The van der Waals surface area contributed by atoms with Gasteiger partial charge in [-0.25, -0.2) is 4.79 Å². The second kappa shape index (κ2) is 3.70. The Hall–Kier alpha value is -1.39. The Balaban J connectivity index is 2.69. The van der Waals surface area contributed by atoms with E-state index in [1.807, 2.05) is 0 Å². The monoisotopic (exact) mass is 153 g/mol. The summed E-state index contributed by atoms with van der Waals surface area (Å²) in [4.78, 5) is 18.6. The summed E-state index contributed by atoms with van der Waals surface area (Å²) in [6, 6.07) is 8.42. The Kier molecular flexibility index (Phi) is 2.59. The first-order valence-corrected chi connectivity index (χ1v) is 2.97. The lowest BCUT2D eigenvalue weighted by Crippen LogP contribution is -2.09. The fraction of sp³-hybridized carbons (Fsp3) is 0. The van der Waals surface area contributed by atoms with Crippen LogP contribution >= 0.6 is 0 Å². The van der Waals surface area contributed by atoms with Crippen LogP contribution in [0.15, 0.2) is 30.3 Å². The molecule has 0 atom stereocenters. The molecule has 0 aliphatic heterocycles. The minimum atomic E-state index is -0.604. The largest absolute Gasteiger partial charge is 0.375 e. The van der Waals surface area contributed by atoms with Gasteiger partial charge in [0.25, 0.3) is 0 Å². The lowest BCUT2D eigenvalue weighted by molar-refractivity contribution is -0.245. The SMILES string of the molecule is NOOC(=O)c1ccccc1. The van der Waals surface area contributed by atoms with Crippen molar-refractivity contribution in [2.24, 2.45) is 5.90 Å². The van der Waals surface area contributed by atoms with E-state index in [-0.39, 0.29) is 0 Å². The van der Waals surface area contributed by atoms with Crippen molar-refractivity contribution in [1.82, 2.24) is 0 Å². The summed E-state index contributed by atoms with van der Waals surface area (Å²) in [5, 5.41) is 0. The zero-order chi connectivity index (χ0) is 8.10. The van der Waals surface area contributed by atoms with E-state index in [2.05, 4.69) is 15.8 Å². The Morgan fingerprint density at radius 1 is 1.27 bits per heavy atom. The summed E-state index contributed by atoms with van der Waals surface area (Å²) in [5.74, 6) is 3.92. The third-order valence-electron chi connectivity index (χ3n) is 1.13. The van der Waals surface area contributed by atoms with E-state index in [4.69, 9.17) is 0 Å². The topological polar surface area (TPSA) is 61.6 Å². The van der Waals surface area contributed by atoms with Gasteiger partial charge in [-0.1, -0.05) is 23.2 Å². The van der Waals surface area contributed by atoms with Crippen LogP contribution in [-0.2, 0) is 9.88 Å². The van der Waals surface area contributed by atoms with E-state index in [0.717, 1.165) is 0 Å². The van der Waals surface area contributed by atoms with E-state index in [1.165, 1.54) is 0 Å². The van der Waals surface area contributed by atoms with Gasteiger partial charge in [0.05, 0.1) is 5.56 Å². The van der Waals surface area contributed by atoms with E-state index >= 15 is 0 Å². The average Bonchev–Trinajstić information content (AvgIpc) is 2.07. The molecule has 58 valence electrons. The summed E-state index contributed by atoms with van der Waals surface area (Å²) in [7, 11) is 0. The van der Waals surface area contributed by atoms with Gasteiger partial charge in [0.1, 0.15) is 0 Å². The predicted molar refractivity (Wildman–Crippen MR) is 37.1 cm³/mol. The number of hydrogen-bond acceptors (Lipinski definition) is 4. The number of nitrogens with two attached hydrogens (primary N) is 1. The molecular formula is C7H7NO3. The van der Waals surface area contributed by atoms with Crippen LogP contribution in [0.5, 0.6) is 0 Å². The van der Waals surface area contributed by atoms with Gasteiger partial charge in [-0.05, 0) is 12.1 Å². The number of benzene rings is 1. The van der Waals surface area contributed by atoms with Crippen molar-refractivity contribution in [3.05, 3.63) is 35.9 Å². The van der Waals surface area contributed by atoms with E-state index < -0.39 is 5.97 Å². The highest BCUT2D eigenvalue weighted by molar-refractivity contribution is 5.88. The third-order valence-corrected chi connectivity index (χ3v) is 1.13. The molecule has 0 aliphatic rings. The molecule has 0 saturated carbocycles. The molecule has 0 fully saturated rings. The van der Waals surface area contributed by atoms with Gasteiger partial charge in [-0.3, -0.25) is 4.89 Å². The second-order valence-corrected chi connectivity index (χ2v) is 1.83. The van der Waals surface area contributed by atoms with Crippen molar-refractivity contribution >= 4 is 5.97 Å². The second-order valence-electron chi connectivity index (χ2n) is 1.83. The molecule has 0 radical (unpaired) electrons. The van der Waals surface area contributed by atoms with Crippen LogP contribution in [0.3, 0.4) is 0 Å². The molecule has 1 aromatic rings. The van der Waals surface area contributed by atoms with Crippen LogP contribution in [0.2, 0.25) is 0 Å². The van der Waals surface area contributed by atoms with Crippen molar-refractivity contribution in [3.8, 4) is 0 Å². The first kappa shape index (κ1) is 7.71. The first-order chi connectivity index (χ1) is 5.34. The van der Waals surface area contributed by atoms with Gasteiger partial charge in [0.15, 0.2) is 0 Å². The highest BCUT2D eigenvalue weighted by Crippen LogP contribution is 1.99. The zero-order valence-electron chi connectivity index (χ0n) is 5.69. The smallest absolute Gasteiger partial charge is 0.275 e. The Labute approximate surface area is 63.4 Å². The lowest BCUT2D eigenvalue weighted by Gasteiger charge is -1.96. The molecule has 1 rings (SSSR count). The van der Waals surface area contributed by atoms with Gasteiger partial charge in [-0.2, -0.15) is 5.90 Å². The highest BCUT2D eigenvalue weighted by Gasteiger charge is 2.04. The maximum atomic E-state index is 10.8. The van der Waals surface area contributed by atoms with E-state index in [9.17, 15) is 4.79 Å². The summed E-state index contributed by atoms with van der Waals surface area (Å²) >= 11 is 0. The predicted octanol–water partition coefficient (Wildman–Crippen LogP) is 0.649. The van der Waals surface area contributed by atoms with Gasteiger partial charge >= 0.3 is 5.97 Å². The summed E-state index contributed by atoms with van der Waals surface area (Å²) < 4.78 is 0. The lowest BCUT2D eigenvalue weighted by atomic mass is 10.2. The van der Waals surface area contributed by atoms with E-state index in [0.29, 0.717) is 5.56 Å². The normalized spacial score (nSPS) is 9.18. The molecule has 0 aromatic heterocycles. The summed E-state index contributed by atoms with van der Waals surface area (Å²) in [6.45, 7) is 0. The van der Waals surface area contributed by atoms with Gasteiger partial charge < -0.3 is 0 Å². The standard InChI is InChI=1S/C7H7NO3/c8-11-10-7(9)6-4-2-1-3-5-6/h1-5H,8H2. The van der Waals surface area contributed by atoms with Crippen LogP contribution in [0, 0.1) is 0 Å². The Morgan fingerprint density at radius 3 is 2.45 bits per heavy atom. The zero-order valence-corrected chi connectivity index (χ0v) is 5.69. The molecule has 0 amide bonds. The van der Waals surface area contributed by atoms with Crippen LogP contribution < -0.4 is 5.90 Å². The molecule has 4 heteroatoms. The molecule has 0 bridgehead atoms. The van der Waals surface area contributed by atoms with Crippen molar-refractivity contribution in [3.63, 3.8) is 0 Å². The molecule has 0 unspecified atom stereocenters. The molecule has 0 spiro atoms. The molecule has 11 heavy (non-hydrogen) atoms. The van der Waals surface area contributed by atoms with Crippen molar-refractivity contribution in [1.29, 1.82) is 0 Å². The Morgan fingerprint density at radius 2 is 1.91 bits per heavy atom. The first-order valence-electron chi connectivity index (χ1n) is 2.97. The molecule has 0 heterocycles. The quantitative estimate of drug-likeness (QED) is 0.500. The summed E-state index contributed by atoms with van der Waals surface area (Å²) in [5.41, 5.74) is 0.401. The minimum absolute atomic E-state index is 0.401. The maximum Gasteiger partial charge on any atom is 0.375 e. The minimum Gasteiger partial charge on any atom is -0.275 e. The molecule has 4 nitrogen and oxygen atoms in total. The van der Waals surface area contributed by atoms with Gasteiger partial charge in [0, 0.05) is 0 Å². The molecule has 0 aliphatic carbocycles. The van der Waals surface area contributed by atoms with E-state index in [1.54, 1.807) is 30.3 Å². The highest BCUT2D eigenvalue weighted by atomic mass is 17.3. The average molecular weight is 153 g/mol. The molecule has 1 aromatic carbocycles. The summed E-state index contributed by atoms with van der Waals surface area (Å²) in [6.07, 6.45) is 0. The number of hydrogen-bond donors (Lipinski definition) is 1. The fourth-order valence-corrected chi connectivity index (χ4v) is 0.666. The molecule has 0 saturated heterocycles. The van der Waals surface area contributed by atoms with Gasteiger partial charge in [0.2, 0.25) is 0 Å². The number of carbonyl (C=O) groups is 1. The van der Waals surface area contributed by atoms with Crippen molar-refractivity contribution < 1.29 is 14.7 Å². The van der Waals surface area contributed by atoms with Crippen LogP contribution in [0.25, 0.3) is 0 Å². The molecular weight excluding hydrogens is 146 g/mol. The van der Waals surface area contributed by atoms with Gasteiger partial charge in [-0.15, -0.1) is 0 Å². The maximum absolute atomic E-state index is 10.8. The number of rotatable bonds is 2.